The monoisotopic (exact) mass is 178 g/mol. The van der Waals surface area contributed by atoms with Crippen molar-refractivity contribution in [3.05, 3.63) is 0 Å². The van der Waals surface area contributed by atoms with Gasteiger partial charge in [0.05, 0.1) is 0 Å². The number of nitrogens with zero attached hydrogens (tertiary/aromatic N) is 1. The van der Waals surface area contributed by atoms with Gasteiger partial charge in [0.2, 0.25) is 0 Å². The molecule has 0 spiro atoms. The summed E-state index contributed by atoms with van der Waals surface area (Å²) < 4.78 is 23.2. The Hall–Kier alpha value is -0.130. The van der Waals surface area contributed by atoms with E-state index >= 15 is 0 Å². The standard InChI is InChI=1S/C6H14N2O2S/c1-2-5-8(6-3-4-6)11(7,9)10/h6H,2-5H2,1H3,(H2,7,9,10). The Morgan fingerprint density at radius 2 is 2.09 bits per heavy atom. The molecule has 1 saturated carbocycles. The van der Waals surface area contributed by atoms with E-state index in [0.717, 1.165) is 19.3 Å². The van der Waals surface area contributed by atoms with Crippen LogP contribution in [0.4, 0.5) is 0 Å². The zero-order valence-electron chi connectivity index (χ0n) is 6.66. The van der Waals surface area contributed by atoms with Crippen LogP contribution in [0, 0.1) is 0 Å². The smallest absolute Gasteiger partial charge is 0.216 e. The van der Waals surface area contributed by atoms with E-state index in [1.165, 1.54) is 4.31 Å². The summed E-state index contributed by atoms with van der Waals surface area (Å²) in [6.07, 6.45) is 2.76. The molecule has 66 valence electrons. The lowest BCUT2D eigenvalue weighted by Crippen LogP contribution is -2.38. The molecular weight excluding hydrogens is 164 g/mol. The van der Waals surface area contributed by atoms with Crippen LogP contribution in [0.25, 0.3) is 0 Å². The van der Waals surface area contributed by atoms with Crippen molar-refractivity contribution in [1.29, 1.82) is 0 Å². The third kappa shape index (κ3) is 2.43. The Kier molecular flexibility index (Phi) is 2.51. The summed E-state index contributed by atoms with van der Waals surface area (Å²) in [6, 6.07) is 0.199. The maximum Gasteiger partial charge on any atom is 0.277 e. The molecule has 0 heterocycles. The van der Waals surface area contributed by atoms with Gasteiger partial charge in [0.25, 0.3) is 10.2 Å². The van der Waals surface area contributed by atoms with Crippen molar-refractivity contribution in [3.63, 3.8) is 0 Å². The quantitative estimate of drug-likeness (QED) is 0.662. The molecule has 1 aliphatic carbocycles. The van der Waals surface area contributed by atoms with Crippen LogP contribution in [-0.4, -0.2) is 25.3 Å². The fraction of sp³-hybridized carbons (Fsp3) is 1.00. The van der Waals surface area contributed by atoms with Crippen LogP contribution in [0.5, 0.6) is 0 Å². The van der Waals surface area contributed by atoms with Gasteiger partial charge in [-0.1, -0.05) is 6.92 Å². The third-order valence-electron chi connectivity index (χ3n) is 1.73. The Bertz CT molecular complexity index is 221. The predicted octanol–water partition coefficient (Wildman–Crippen LogP) is 0.0643. The highest BCUT2D eigenvalue weighted by molar-refractivity contribution is 7.86. The van der Waals surface area contributed by atoms with Gasteiger partial charge in [-0.25, -0.2) is 5.14 Å². The van der Waals surface area contributed by atoms with Crippen LogP contribution in [0.2, 0.25) is 0 Å². The first-order chi connectivity index (χ1) is 5.05. The molecule has 0 saturated heterocycles. The lowest BCUT2D eigenvalue weighted by atomic mass is 10.5. The molecule has 0 aromatic heterocycles. The van der Waals surface area contributed by atoms with Crippen LogP contribution in [0.3, 0.4) is 0 Å². The number of hydrogen-bond acceptors (Lipinski definition) is 2. The molecule has 0 amide bonds. The van der Waals surface area contributed by atoms with E-state index in [-0.39, 0.29) is 6.04 Å². The number of rotatable bonds is 4. The summed E-state index contributed by atoms with van der Waals surface area (Å²) in [7, 11) is -3.43. The van der Waals surface area contributed by atoms with Crippen LogP contribution >= 0.6 is 0 Å². The van der Waals surface area contributed by atoms with Crippen molar-refractivity contribution in [2.45, 2.75) is 32.2 Å². The van der Waals surface area contributed by atoms with E-state index in [2.05, 4.69) is 0 Å². The molecule has 1 fully saturated rings. The Balaban J connectivity index is 2.59. The molecule has 1 aliphatic rings. The highest BCUT2D eigenvalue weighted by Crippen LogP contribution is 2.28. The molecule has 11 heavy (non-hydrogen) atoms. The highest BCUT2D eigenvalue weighted by Gasteiger charge is 2.34. The number of nitrogens with two attached hydrogens (primary N) is 1. The van der Waals surface area contributed by atoms with Gasteiger partial charge in [0, 0.05) is 12.6 Å². The second-order valence-corrected chi connectivity index (χ2v) is 4.39. The molecule has 5 heteroatoms. The van der Waals surface area contributed by atoms with Crippen LogP contribution in [0.15, 0.2) is 0 Å². The van der Waals surface area contributed by atoms with Crippen molar-refractivity contribution in [1.82, 2.24) is 4.31 Å². The molecule has 0 aromatic carbocycles. The lowest BCUT2D eigenvalue weighted by Gasteiger charge is -2.17. The Morgan fingerprint density at radius 3 is 2.36 bits per heavy atom. The van der Waals surface area contributed by atoms with E-state index in [1.807, 2.05) is 6.92 Å². The summed E-state index contributed by atoms with van der Waals surface area (Å²) in [6.45, 7) is 2.50. The minimum absolute atomic E-state index is 0.199. The molecular formula is C6H14N2O2S. The molecule has 4 nitrogen and oxygen atoms in total. The van der Waals surface area contributed by atoms with Gasteiger partial charge in [-0.3, -0.25) is 0 Å². The van der Waals surface area contributed by atoms with E-state index in [0.29, 0.717) is 6.54 Å². The van der Waals surface area contributed by atoms with Gasteiger partial charge in [-0.05, 0) is 19.3 Å². The summed E-state index contributed by atoms with van der Waals surface area (Å²) in [4.78, 5) is 0. The first-order valence-electron chi connectivity index (χ1n) is 3.85. The van der Waals surface area contributed by atoms with Crippen LogP contribution in [0.1, 0.15) is 26.2 Å². The fourth-order valence-corrected chi connectivity index (χ4v) is 2.16. The summed E-state index contributed by atoms with van der Waals surface area (Å²) in [5.74, 6) is 0. The molecule has 0 aliphatic heterocycles. The van der Waals surface area contributed by atoms with Gasteiger partial charge in [0.15, 0.2) is 0 Å². The second kappa shape index (κ2) is 3.08. The first kappa shape index (κ1) is 8.96. The number of hydrogen-bond donors (Lipinski definition) is 1. The summed E-state index contributed by atoms with van der Waals surface area (Å²) >= 11 is 0. The van der Waals surface area contributed by atoms with Gasteiger partial charge in [0.1, 0.15) is 0 Å². The minimum atomic E-state index is -3.43. The maximum atomic E-state index is 10.9. The second-order valence-electron chi connectivity index (χ2n) is 2.89. The average molecular weight is 178 g/mol. The summed E-state index contributed by atoms with van der Waals surface area (Å²) in [5.41, 5.74) is 0. The predicted molar refractivity (Wildman–Crippen MR) is 43.1 cm³/mol. The molecule has 0 bridgehead atoms. The minimum Gasteiger partial charge on any atom is -0.216 e. The Labute approximate surface area is 67.6 Å². The maximum absolute atomic E-state index is 10.9. The highest BCUT2D eigenvalue weighted by atomic mass is 32.2. The normalized spacial score (nSPS) is 19.2. The zero-order chi connectivity index (χ0) is 8.48. The van der Waals surface area contributed by atoms with Crippen molar-refractivity contribution in [2.24, 2.45) is 5.14 Å². The largest absolute Gasteiger partial charge is 0.277 e. The lowest BCUT2D eigenvalue weighted by molar-refractivity contribution is 0.404. The van der Waals surface area contributed by atoms with Gasteiger partial charge >= 0.3 is 0 Å². The van der Waals surface area contributed by atoms with Gasteiger partial charge < -0.3 is 0 Å². The van der Waals surface area contributed by atoms with Gasteiger partial charge in [-0.2, -0.15) is 12.7 Å². The zero-order valence-corrected chi connectivity index (χ0v) is 7.47. The van der Waals surface area contributed by atoms with E-state index in [9.17, 15) is 8.42 Å². The molecule has 0 aromatic rings. The fourth-order valence-electron chi connectivity index (χ4n) is 1.10. The topological polar surface area (TPSA) is 63.4 Å². The third-order valence-corrected chi connectivity index (χ3v) is 2.86. The summed E-state index contributed by atoms with van der Waals surface area (Å²) in [5, 5.41) is 5.00. The molecule has 1 rings (SSSR count). The van der Waals surface area contributed by atoms with E-state index in [4.69, 9.17) is 5.14 Å². The molecule has 0 atom stereocenters. The van der Waals surface area contributed by atoms with Crippen molar-refractivity contribution >= 4 is 10.2 Å². The van der Waals surface area contributed by atoms with E-state index in [1.54, 1.807) is 0 Å². The Morgan fingerprint density at radius 1 is 1.55 bits per heavy atom. The van der Waals surface area contributed by atoms with Crippen molar-refractivity contribution in [2.75, 3.05) is 6.54 Å². The van der Waals surface area contributed by atoms with Crippen LogP contribution < -0.4 is 5.14 Å². The van der Waals surface area contributed by atoms with Gasteiger partial charge in [-0.15, -0.1) is 0 Å². The van der Waals surface area contributed by atoms with Crippen molar-refractivity contribution in [3.8, 4) is 0 Å². The first-order valence-corrected chi connectivity index (χ1v) is 5.35. The molecule has 2 N–H and O–H groups in total. The van der Waals surface area contributed by atoms with Crippen LogP contribution in [-0.2, 0) is 10.2 Å². The van der Waals surface area contributed by atoms with Crippen molar-refractivity contribution < 1.29 is 8.42 Å². The molecule has 0 unspecified atom stereocenters. The van der Waals surface area contributed by atoms with E-state index < -0.39 is 10.2 Å². The molecule has 0 radical (unpaired) electrons. The average Bonchev–Trinajstić information content (AvgIpc) is 2.61. The SMILES string of the molecule is CCCN(C1CC1)S(N)(=O)=O.